The van der Waals surface area contributed by atoms with Crippen LogP contribution in [-0.2, 0) is 14.3 Å². The average Bonchev–Trinajstić information content (AvgIpc) is 2.38. The van der Waals surface area contributed by atoms with Crippen LogP contribution in [0.2, 0.25) is 0 Å². The van der Waals surface area contributed by atoms with Crippen molar-refractivity contribution in [3.63, 3.8) is 0 Å². The lowest BCUT2D eigenvalue weighted by molar-refractivity contribution is -0.149. The first-order valence-corrected chi connectivity index (χ1v) is 7.73. The summed E-state index contributed by atoms with van der Waals surface area (Å²) in [6, 6.07) is -0.434. The van der Waals surface area contributed by atoms with Gasteiger partial charge in [-0.3, -0.25) is 9.59 Å². The third-order valence-electron chi connectivity index (χ3n) is 3.87. The van der Waals surface area contributed by atoms with Crippen LogP contribution >= 0.6 is 0 Å². The van der Waals surface area contributed by atoms with Gasteiger partial charge >= 0.3 is 5.97 Å². The van der Waals surface area contributed by atoms with Crippen LogP contribution in [0.25, 0.3) is 0 Å². The zero-order valence-electron chi connectivity index (χ0n) is 13.0. The highest BCUT2D eigenvalue weighted by Gasteiger charge is 2.34. The van der Waals surface area contributed by atoms with Crippen molar-refractivity contribution in [3.05, 3.63) is 0 Å². The lowest BCUT2D eigenvalue weighted by atomic mass is 9.88. The maximum absolute atomic E-state index is 12.5. The fourth-order valence-corrected chi connectivity index (χ4v) is 2.97. The molecule has 6 nitrogen and oxygen atoms in total. The Bertz CT molecular complexity index is 352. The first-order valence-electron chi connectivity index (χ1n) is 7.73. The molecule has 0 aromatic rings. The summed E-state index contributed by atoms with van der Waals surface area (Å²) >= 11 is 0. The van der Waals surface area contributed by atoms with E-state index >= 15 is 0 Å². The van der Waals surface area contributed by atoms with Crippen LogP contribution in [0.5, 0.6) is 0 Å². The molecule has 0 spiro atoms. The van der Waals surface area contributed by atoms with Crippen LogP contribution in [0, 0.1) is 0 Å². The number of hydrogen-bond acceptors (Lipinski definition) is 4. The van der Waals surface area contributed by atoms with Crippen LogP contribution < -0.4 is 0 Å². The summed E-state index contributed by atoms with van der Waals surface area (Å²) in [7, 11) is 0. The second kappa shape index (κ2) is 8.34. The molecule has 122 valence electrons. The molecule has 0 aromatic heterocycles. The van der Waals surface area contributed by atoms with Gasteiger partial charge in [0.1, 0.15) is 0 Å². The van der Waals surface area contributed by atoms with Crippen LogP contribution in [0.4, 0.5) is 0 Å². The summed E-state index contributed by atoms with van der Waals surface area (Å²) in [5.74, 6) is -1.12. The van der Waals surface area contributed by atoms with Crippen molar-refractivity contribution in [2.45, 2.75) is 64.0 Å². The van der Waals surface area contributed by atoms with Crippen LogP contribution in [-0.4, -0.2) is 58.4 Å². The van der Waals surface area contributed by atoms with Crippen molar-refractivity contribution in [1.29, 1.82) is 0 Å². The Morgan fingerprint density at radius 1 is 1.29 bits per heavy atom. The summed E-state index contributed by atoms with van der Waals surface area (Å²) < 4.78 is 5.27. The molecular formula is C15H27NO5. The molecule has 21 heavy (non-hydrogen) atoms. The molecule has 0 saturated carbocycles. The maximum Gasteiger partial charge on any atom is 0.305 e. The maximum atomic E-state index is 12.5. The molecule has 1 heterocycles. The van der Waals surface area contributed by atoms with Crippen molar-refractivity contribution in [2.24, 2.45) is 0 Å². The van der Waals surface area contributed by atoms with Crippen molar-refractivity contribution >= 4 is 11.9 Å². The first-order chi connectivity index (χ1) is 9.91. The van der Waals surface area contributed by atoms with Gasteiger partial charge in [0.05, 0.1) is 37.7 Å². The molecular weight excluding hydrogens is 274 g/mol. The topological polar surface area (TPSA) is 87.1 Å². The van der Waals surface area contributed by atoms with Crippen molar-refractivity contribution in [2.75, 3.05) is 19.8 Å². The zero-order valence-corrected chi connectivity index (χ0v) is 13.0. The van der Waals surface area contributed by atoms with Gasteiger partial charge in [-0.2, -0.15) is 0 Å². The predicted octanol–water partition coefficient (Wildman–Crippen LogP) is 1.41. The van der Waals surface area contributed by atoms with Gasteiger partial charge in [0, 0.05) is 6.54 Å². The second-order valence-electron chi connectivity index (χ2n) is 5.81. The summed E-state index contributed by atoms with van der Waals surface area (Å²) in [6.07, 6.45) is 2.73. The molecule has 1 aliphatic rings. The van der Waals surface area contributed by atoms with E-state index in [1.807, 2.05) is 13.8 Å². The quantitative estimate of drug-likeness (QED) is 0.708. The number of rotatable bonds is 8. The van der Waals surface area contributed by atoms with E-state index in [1.54, 1.807) is 4.90 Å². The van der Waals surface area contributed by atoms with Gasteiger partial charge in [-0.1, -0.05) is 26.7 Å². The number of morpholine rings is 1. The number of carbonyl (C=O) groups excluding carboxylic acids is 1. The molecule has 1 fully saturated rings. The number of nitrogens with zero attached hydrogens (tertiary/aromatic N) is 1. The fraction of sp³-hybridized carbons (Fsp3) is 0.867. The largest absolute Gasteiger partial charge is 0.481 e. The van der Waals surface area contributed by atoms with E-state index in [0.717, 1.165) is 12.8 Å². The highest BCUT2D eigenvalue weighted by Crippen LogP contribution is 2.25. The van der Waals surface area contributed by atoms with Gasteiger partial charge in [-0.05, 0) is 12.8 Å². The molecule has 2 N–H and O–H groups in total. The van der Waals surface area contributed by atoms with Crippen molar-refractivity contribution in [3.8, 4) is 0 Å². The van der Waals surface area contributed by atoms with Gasteiger partial charge in [0.25, 0.3) is 0 Å². The smallest absolute Gasteiger partial charge is 0.305 e. The van der Waals surface area contributed by atoms with E-state index < -0.39 is 17.6 Å². The monoisotopic (exact) mass is 301 g/mol. The molecule has 0 bridgehead atoms. The van der Waals surface area contributed by atoms with Gasteiger partial charge in [0.2, 0.25) is 5.91 Å². The minimum absolute atomic E-state index is 0.0603. The third-order valence-corrected chi connectivity index (χ3v) is 3.87. The fourth-order valence-electron chi connectivity index (χ4n) is 2.97. The number of carbonyl (C=O) groups is 2. The Labute approximate surface area is 126 Å². The lowest BCUT2D eigenvalue weighted by Crippen LogP contribution is -2.51. The Morgan fingerprint density at radius 3 is 2.43 bits per heavy atom. The number of amides is 1. The molecule has 1 aliphatic heterocycles. The number of ether oxygens (including phenoxy) is 1. The van der Waals surface area contributed by atoms with Gasteiger partial charge in [-0.15, -0.1) is 0 Å². The Morgan fingerprint density at radius 2 is 1.90 bits per heavy atom. The van der Waals surface area contributed by atoms with Crippen molar-refractivity contribution in [1.82, 2.24) is 4.90 Å². The van der Waals surface area contributed by atoms with Crippen LogP contribution in [0.15, 0.2) is 0 Å². The van der Waals surface area contributed by atoms with Crippen molar-refractivity contribution < 1.29 is 24.5 Å². The molecule has 0 aliphatic carbocycles. The molecule has 1 amide bonds. The van der Waals surface area contributed by atoms with E-state index in [9.17, 15) is 14.7 Å². The molecule has 6 heteroatoms. The minimum Gasteiger partial charge on any atom is -0.481 e. The standard InChI is InChI=1S/C15H27NO5/c1-3-5-15(20,6-4-2)10-13(17)16-7-8-21-11-12(16)9-14(18)19/h12,20H,3-11H2,1-2H3,(H,18,19). The average molecular weight is 301 g/mol. The number of carboxylic acids is 1. The Hall–Kier alpha value is -1.14. The van der Waals surface area contributed by atoms with Crippen LogP contribution in [0.1, 0.15) is 52.4 Å². The number of aliphatic hydroxyl groups is 1. The molecule has 0 aromatic carbocycles. The SMILES string of the molecule is CCCC(O)(CCC)CC(=O)N1CCOCC1CC(=O)O. The number of hydrogen-bond donors (Lipinski definition) is 2. The van der Waals surface area contributed by atoms with Crippen LogP contribution in [0.3, 0.4) is 0 Å². The third kappa shape index (κ3) is 5.63. The number of carboxylic acid groups (broad SMARTS) is 1. The van der Waals surface area contributed by atoms with E-state index in [4.69, 9.17) is 9.84 Å². The lowest BCUT2D eigenvalue weighted by Gasteiger charge is -2.37. The van der Waals surface area contributed by atoms with Gasteiger partial charge in [-0.25, -0.2) is 0 Å². The highest BCUT2D eigenvalue weighted by molar-refractivity contribution is 5.78. The molecule has 1 unspecified atom stereocenters. The molecule has 1 rings (SSSR count). The first kappa shape index (κ1) is 17.9. The zero-order chi connectivity index (χ0) is 15.9. The summed E-state index contributed by atoms with van der Waals surface area (Å²) in [5.41, 5.74) is -0.980. The molecule has 1 atom stereocenters. The summed E-state index contributed by atoms with van der Waals surface area (Å²) in [4.78, 5) is 24.9. The van der Waals surface area contributed by atoms with Gasteiger partial charge < -0.3 is 19.8 Å². The molecule has 1 saturated heterocycles. The minimum atomic E-state index is -0.980. The Kier molecular flexibility index (Phi) is 7.11. The van der Waals surface area contributed by atoms with E-state index in [-0.39, 0.29) is 25.4 Å². The normalized spacial score (nSPS) is 19.6. The highest BCUT2D eigenvalue weighted by atomic mass is 16.5. The number of aliphatic carboxylic acids is 1. The summed E-state index contributed by atoms with van der Waals surface area (Å²) in [5, 5.41) is 19.5. The molecule has 0 radical (unpaired) electrons. The van der Waals surface area contributed by atoms with Gasteiger partial charge in [0.15, 0.2) is 0 Å². The van der Waals surface area contributed by atoms with E-state index in [0.29, 0.717) is 26.0 Å². The second-order valence-corrected chi connectivity index (χ2v) is 5.81. The Balaban J connectivity index is 2.71. The van der Waals surface area contributed by atoms with E-state index in [2.05, 4.69) is 0 Å². The predicted molar refractivity (Wildman–Crippen MR) is 78.0 cm³/mol. The van der Waals surface area contributed by atoms with E-state index in [1.165, 1.54) is 0 Å². The summed E-state index contributed by atoms with van der Waals surface area (Å²) in [6.45, 7) is 5.02.